The highest BCUT2D eigenvalue weighted by Gasteiger charge is 2.16. The summed E-state index contributed by atoms with van der Waals surface area (Å²) in [4.78, 5) is 0.323. The molecule has 0 aliphatic carbocycles. The summed E-state index contributed by atoms with van der Waals surface area (Å²) in [6, 6.07) is 13.0. The summed E-state index contributed by atoms with van der Waals surface area (Å²) in [7, 11) is -3.51. The molecule has 0 bridgehead atoms. The quantitative estimate of drug-likeness (QED) is 0.833. The third-order valence-electron chi connectivity index (χ3n) is 3.38. The number of sulfonamides is 1. The van der Waals surface area contributed by atoms with E-state index in [0.717, 1.165) is 22.4 Å². The number of nitrogens with one attached hydrogen (secondary N) is 1. The normalized spacial score (nSPS) is 11.4. The van der Waals surface area contributed by atoms with Crippen LogP contribution in [0.3, 0.4) is 0 Å². The zero-order valence-electron chi connectivity index (χ0n) is 13.1. The molecule has 118 valence electrons. The van der Waals surface area contributed by atoms with Crippen LogP contribution in [0.1, 0.15) is 16.7 Å². The number of aryl methyl sites for hydroxylation is 3. The van der Waals surface area contributed by atoms with E-state index in [1.807, 2.05) is 50.2 Å². The van der Waals surface area contributed by atoms with Gasteiger partial charge in [0, 0.05) is 6.54 Å². The maximum atomic E-state index is 12.3. The lowest BCUT2D eigenvalue weighted by Gasteiger charge is -2.12. The van der Waals surface area contributed by atoms with Crippen LogP contribution in [0.4, 0.5) is 0 Å². The van der Waals surface area contributed by atoms with E-state index in [1.165, 1.54) is 0 Å². The Balaban J connectivity index is 1.96. The van der Waals surface area contributed by atoms with Crippen molar-refractivity contribution in [2.24, 2.45) is 0 Å². The fourth-order valence-corrected chi connectivity index (χ4v) is 3.47. The van der Waals surface area contributed by atoms with E-state index in [1.54, 1.807) is 13.0 Å². The Labute approximate surface area is 132 Å². The van der Waals surface area contributed by atoms with Crippen molar-refractivity contribution in [3.05, 3.63) is 59.2 Å². The highest BCUT2D eigenvalue weighted by Crippen LogP contribution is 2.17. The standard InChI is InChI=1S/C17H21NO3S/c1-13-8-9-15(3)17(12-13)22(19,20)18-10-11-21-16-7-5-4-6-14(16)2/h4-9,12,18H,10-11H2,1-3H3. The minimum atomic E-state index is -3.51. The van der Waals surface area contributed by atoms with E-state index in [-0.39, 0.29) is 13.2 Å². The van der Waals surface area contributed by atoms with Crippen LogP contribution in [0.25, 0.3) is 0 Å². The van der Waals surface area contributed by atoms with Crippen LogP contribution in [0.5, 0.6) is 5.75 Å². The lowest BCUT2D eigenvalue weighted by molar-refractivity contribution is 0.320. The van der Waals surface area contributed by atoms with Crippen molar-refractivity contribution in [1.29, 1.82) is 0 Å². The summed E-state index contributed by atoms with van der Waals surface area (Å²) in [6.45, 7) is 6.13. The Bertz CT molecular complexity index is 754. The van der Waals surface area contributed by atoms with Crippen molar-refractivity contribution in [3.8, 4) is 5.75 Å². The van der Waals surface area contributed by atoms with E-state index in [9.17, 15) is 8.42 Å². The van der Waals surface area contributed by atoms with Crippen LogP contribution < -0.4 is 9.46 Å². The molecule has 2 rings (SSSR count). The molecule has 0 spiro atoms. The van der Waals surface area contributed by atoms with Gasteiger partial charge in [0.15, 0.2) is 0 Å². The maximum absolute atomic E-state index is 12.3. The van der Waals surface area contributed by atoms with Gasteiger partial charge in [0.25, 0.3) is 0 Å². The summed E-state index contributed by atoms with van der Waals surface area (Å²) >= 11 is 0. The molecule has 4 nitrogen and oxygen atoms in total. The van der Waals surface area contributed by atoms with E-state index in [2.05, 4.69) is 4.72 Å². The first kappa shape index (κ1) is 16.5. The fraction of sp³-hybridized carbons (Fsp3) is 0.294. The fourth-order valence-electron chi connectivity index (χ4n) is 2.13. The molecule has 0 aliphatic rings. The molecule has 0 radical (unpaired) electrons. The first-order chi connectivity index (χ1) is 10.4. The second-order valence-corrected chi connectivity index (χ2v) is 7.02. The van der Waals surface area contributed by atoms with Crippen LogP contribution in [0.2, 0.25) is 0 Å². The Morgan fingerprint density at radius 2 is 1.73 bits per heavy atom. The van der Waals surface area contributed by atoms with Gasteiger partial charge in [-0.1, -0.05) is 30.3 Å². The highest BCUT2D eigenvalue weighted by molar-refractivity contribution is 7.89. The molecule has 0 saturated carbocycles. The van der Waals surface area contributed by atoms with Gasteiger partial charge in [-0.2, -0.15) is 0 Å². The van der Waals surface area contributed by atoms with Crippen LogP contribution >= 0.6 is 0 Å². The summed E-state index contributed by atoms with van der Waals surface area (Å²) in [5, 5.41) is 0. The average Bonchev–Trinajstić information content (AvgIpc) is 2.48. The number of rotatable bonds is 6. The summed E-state index contributed by atoms with van der Waals surface area (Å²) in [5.74, 6) is 0.772. The first-order valence-electron chi connectivity index (χ1n) is 7.15. The number of hydrogen-bond donors (Lipinski definition) is 1. The van der Waals surface area contributed by atoms with Crippen LogP contribution in [0, 0.1) is 20.8 Å². The summed E-state index contributed by atoms with van der Waals surface area (Å²) in [5.41, 5.74) is 2.68. The van der Waals surface area contributed by atoms with E-state index in [4.69, 9.17) is 4.74 Å². The van der Waals surface area contributed by atoms with Crippen molar-refractivity contribution in [3.63, 3.8) is 0 Å². The molecule has 5 heteroatoms. The lowest BCUT2D eigenvalue weighted by atomic mass is 10.2. The Kier molecular flexibility index (Phi) is 5.21. The highest BCUT2D eigenvalue weighted by atomic mass is 32.2. The minimum Gasteiger partial charge on any atom is -0.492 e. The SMILES string of the molecule is Cc1ccc(C)c(S(=O)(=O)NCCOc2ccccc2C)c1. The van der Waals surface area contributed by atoms with Gasteiger partial charge in [0.05, 0.1) is 4.90 Å². The average molecular weight is 319 g/mol. The zero-order chi connectivity index (χ0) is 16.2. The van der Waals surface area contributed by atoms with Gasteiger partial charge in [-0.05, 0) is 49.6 Å². The van der Waals surface area contributed by atoms with E-state index < -0.39 is 10.0 Å². The van der Waals surface area contributed by atoms with Gasteiger partial charge in [-0.25, -0.2) is 13.1 Å². The Hall–Kier alpha value is -1.85. The Morgan fingerprint density at radius 3 is 2.45 bits per heavy atom. The van der Waals surface area contributed by atoms with Gasteiger partial charge in [-0.3, -0.25) is 0 Å². The van der Waals surface area contributed by atoms with E-state index in [0.29, 0.717) is 4.90 Å². The van der Waals surface area contributed by atoms with Gasteiger partial charge in [-0.15, -0.1) is 0 Å². The smallest absolute Gasteiger partial charge is 0.240 e. The van der Waals surface area contributed by atoms with Gasteiger partial charge in [0.2, 0.25) is 10.0 Å². The number of para-hydroxylation sites is 1. The largest absolute Gasteiger partial charge is 0.492 e. The second-order valence-electron chi connectivity index (χ2n) is 5.28. The van der Waals surface area contributed by atoms with Gasteiger partial charge in [0.1, 0.15) is 12.4 Å². The molecular weight excluding hydrogens is 298 g/mol. The minimum absolute atomic E-state index is 0.226. The van der Waals surface area contributed by atoms with Crippen LogP contribution in [0.15, 0.2) is 47.4 Å². The lowest BCUT2D eigenvalue weighted by Crippen LogP contribution is -2.29. The molecule has 0 saturated heterocycles. The molecule has 0 aliphatic heterocycles. The molecule has 0 heterocycles. The van der Waals surface area contributed by atoms with Crippen LogP contribution in [-0.4, -0.2) is 21.6 Å². The monoisotopic (exact) mass is 319 g/mol. The van der Waals surface area contributed by atoms with Gasteiger partial charge >= 0.3 is 0 Å². The molecule has 0 unspecified atom stereocenters. The predicted molar refractivity (Wildman–Crippen MR) is 87.8 cm³/mol. The number of ether oxygens (including phenoxy) is 1. The maximum Gasteiger partial charge on any atom is 0.240 e. The third kappa shape index (κ3) is 4.08. The number of hydrogen-bond acceptors (Lipinski definition) is 3. The second kappa shape index (κ2) is 6.94. The topological polar surface area (TPSA) is 55.4 Å². The zero-order valence-corrected chi connectivity index (χ0v) is 13.9. The van der Waals surface area contributed by atoms with Crippen molar-refractivity contribution >= 4 is 10.0 Å². The molecule has 22 heavy (non-hydrogen) atoms. The predicted octanol–water partition coefficient (Wildman–Crippen LogP) is 2.97. The van der Waals surface area contributed by atoms with Crippen molar-refractivity contribution < 1.29 is 13.2 Å². The molecule has 0 aromatic heterocycles. The molecule has 0 fully saturated rings. The van der Waals surface area contributed by atoms with Crippen molar-refractivity contribution in [2.75, 3.05) is 13.2 Å². The van der Waals surface area contributed by atoms with Crippen molar-refractivity contribution in [1.82, 2.24) is 4.72 Å². The molecule has 2 aromatic carbocycles. The molecule has 1 N–H and O–H groups in total. The first-order valence-corrected chi connectivity index (χ1v) is 8.64. The van der Waals surface area contributed by atoms with Crippen molar-refractivity contribution in [2.45, 2.75) is 25.7 Å². The van der Waals surface area contributed by atoms with E-state index >= 15 is 0 Å². The van der Waals surface area contributed by atoms with Gasteiger partial charge < -0.3 is 4.74 Å². The third-order valence-corrected chi connectivity index (χ3v) is 4.98. The van der Waals surface area contributed by atoms with Crippen LogP contribution in [-0.2, 0) is 10.0 Å². The number of benzene rings is 2. The summed E-state index contributed by atoms with van der Waals surface area (Å²) in [6.07, 6.45) is 0. The summed E-state index contributed by atoms with van der Waals surface area (Å²) < 4.78 is 32.8. The molecule has 0 amide bonds. The molecular formula is C17H21NO3S. The molecule has 0 atom stereocenters. The molecule has 2 aromatic rings. The Morgan fingerprint density at radius 1 is 1.00 bits per heavy atom.